The molecule has 0 amide bonds. The maximum absolute atomic E-state index is 12.7. The van der Waals surface area contributed by atoms with E-state index in [0.717, 1.165) is 32.1 Å². The van der Waals surface area contributed by atoms with Gasteiger partial charge < -0.3 is 24.0 Å². The molecule has 2 N–H and O–H groups in total. The number of quaternary nitrogens is 1. The molecule has 3 atom stereocenters. The molecule has 0 aromatic rings. The van der Waals surface area contributed by atoms with Gasteiger partial charge in [-0.25, -0.2) is 4.57 Å². The van der Waals surface area contributed by atoms with E-state index in [4.69, 9.17) is 18.5 Å². The molecular formula is C44H81NO9P+. The normalized spacial score (nSPS) is 14.7. The molecule has 0 saturated carbocycles. The van der Waals surface area contributed by atoms with E-state index < -0.39 is 38.6 Å². The molecule has 0 rings (SSSR count). The van der Waals surface area contributed by atoms with Crippen LogP contribution in [0.15, 0.2) is 48.6 Å². The van der Waals surface area contributed by atoms with Crippen molar-refractivity contribution in [3.05, 3.63) is 48.6 Å². The number of ether oxygens (including phenoxy) is 2. The minimum Gasteiger partial charge on any atom is -0.462 e. The van der Waals surface area contributed by atoms with Gasteiger partial charge in [0.1, 0.15) is 19.8 Å². The van der Waals surface area contributed by atoms with Gasteiger partial charge in [-0.15, -0.1) is 0 Å². The first-order valence-corrected chi connectivity index (χ1v) is 23.0. The number of carbonyl (C=O) groups excluding carboxylic acids is 2. The van der Waals surface area contributed by atoms with Crippen molar-refractivity contribution in [2.24, 2.45) is 0 Å². The molecule has 0 aromatic carbocycles. The molecule has 320 valence electrons. The molecule has 0 aromatic heterocycles. The van der Waals surface area contributed by atoms with Gasteiger partial charge in [0.25, 0.3) is 0 Å². The highest BCUT2D eigenvalue weighted by Gasteiger charge is 2.27. The Morgan fingerprint density at radius 1 is 0.655 bits per heavy atom. The Hall–Kier alpha value is -2.07. The van der Waals surface area contributed by atoms with Crippen molar-refractivity contribution in [2.45, 2.75) is 174 Å². The number of likely N-dealkylation sites (N-methyl/N-ethyl adjacent to an activating group) is 1. The molecule has 0 fully saturated rings. The summed E-state index contributed by atoms with van der Waals surface area (Å²) in [6, 6.07) is 0. The van der Waals surface area contributed by atoms with Gasteiger partial charge in [-0.3, -0.25) is 18.6 Å². The Balaban J connectivity index is 4.53. The number of esters is 2. The Morgan fingerprint density at radius 3 is 1.85 bits per heavy atom. The second kappa shape index (κ2) is 36.3. The number of aliphatic hydroxyl groups excluding tert-OH is 1. The number of hydrogen-bond acceptors (Lipinski definition) is 8. The fourth-order valence-electron chi connectivity index (χ4n) is 5.50. The van der Waals surface area contributed by atoms with Crippen molar-refractivity contribution in [2.75, 3.05) is 47.5 Å². The molecule has 1 unspecified atom stereocenters. The Labute approximate surface area is 336 Å². The summed E-state index contributed by atoms with van der Waals surface area (Å²) < 4.78 is 34.2. The van der Waals surface area contributed by atoms with Crippen LogP contribution in [-0.2, 0) is 32.7 Å². The van der Waals surface area contributed by atoms with Crippen molar-refractivity contribution in [3.63, 3.8) is 0 Å². The summed E-state index contributed by atoms with van der Waals surface area (Å²) in [5.74, 6) is -0.903. The van der Waals surface area contributed by atoms with Crippen LogP contribution >= 0.6 is 7.82 Å². The molecule has 10 nitrogen and oxygen atoms in total. The number of carbonyl (C=O) groups is 2. The summed E-state index contributed by atoms with van der Waals surface area (Å²) in [5.41, 5.74) is 0. The molecule has 0 saturated heterocycles. The first-order chi connectivity index (χ1) is 26.4. The molecule has 0 radical (unpaired) electrons. The number of aliphatic hydroxyl groups is 1. The van der Waals surface area contributed by atoms with Gasteiger partial charge in [-0.1, -0.05) is 152 Å². The van der Waals surface area contributed by atoms with E-state index in [1.54, 1.807) is 6.08 Å². The number of hydrogen-bond donors (Lipinski definition) is 2. The number of phosphoric ester groups is 1. The van der Waals surface area contributed by atoms with Crippen LogP contribution in [0.2, 0.25) is 0 Å². The fourth-order valence-corrected chi connectivity index (χ4v) is 6.24. The van der Waals surface area contributed by atoms with E-state index in [1.165, 1.54) is 77.0 Å². The standard InChI is InChI=1S/C44H80NO9P/c1-6-8-10-12-14-15-16-17-18-19-24-28-32-36-44(48)54-42(40-53-55(49,50)52-38-37-45(3,4)5)39-51-43(47)35-31-27-23-21-20-22-26-30-34-41(46)33-29-25-13-11-9-7-2/h21-23,25-26,29-30,34,41-42,46H,6-20,24,27-28,31-33,35-40H2,1-5H3/p+1/b23-21-,26-22-,29-25-,34-30+/t41-,42-/m1/s1. The molecule has 0 aliphatic heterocycles. The molecule has 55 heavy (non-hydrogen) atoms. The zero-order valence-electron chi connectivity index (χ0n) is 35.5. The van der Waals surface area contributed by atoms with Crippen LogP contribution in [0.1, 0.15) is 162 Å². The third-order valence-corrected chi connectivity index (χ3v) is 9.93. The smallest absolute Gasteiger partial charge is 0.462 e. The minimum atomic E-state index is -4.40. The Kier molecular flexibility index (Phi) is 34.9. The van der Waals surface area contributed by atoms with Crippen LogP contribution in [-0.4, -0.2) is 86.1 Å². The van der Waals surface area contributed by atoms with Gasteiger partial charge >= 0.3 is 19.8 Å². The second-order valence-electron chi connectivity index (χ2n) is 15.6. The lowest BCUT2D eigenvalue weighted by atomic mass is 10.0. The molecular weight excluding hydrogens is 717 g/mol. The third kappa shape index (κ3) is 39.9. The lowest BCUT2D eigenvalue weighted by Gasteiger charge is -2.24. The van der Waals surface area contributed by atoms with Crippen molar-refractivity contribution >= 4 is 19.8 Å². The maximum Gasteiger partial charge on any atom is 0.472 e. The highest BCUT2D eigenvalue weighted by molar-refractivity contribution is 7.47. The van der Waals surface area contributed by atoms with E-state index in [2.05, 4.69) is 19.9 Å². The fraction of sp³-hybridized carbons (Fsp3) is 0.773. The van der Waals surface area contributed by atoms with E-state index in [9.17, 15) is 24.2 Å². The van der Waals surface area contributed by atoms with E-state index in [0.29, 0.717) is 36.7 Å². The monoisotopic (exact) mass is 799 g/mol. The zero-order chi connectivity index (χ0) is 40.9. The number of nitrogens with zero attached hydrogens (tertiary/aromatic N) is 1. The lowest BCUT2D eigenvalue weighted by molar-refractivity contribution is -0.870. The van der Waals surface area contributed by atoms with Crippen LogP contribution < -0.4 is 0 Å². The topological polar surface area (TPSA) is 129 Å². The number of rotatable bonds is 38. The summed E-state index contributed by atoms with van der Waals surface area (Å²) >= 11 is 0. The number of unbranched alkanes of at least 4 members (excludes halogenated alkanes) is 16. The summed E-state index contributed by atoms with van der Waals surface area (Å²) in [4.78, 5) is 35.3. The predicted octanol–water partition coefficient (Wildman–Crippen LogP) is 10.9. The van der Waals surface area contributed by atoms with Gasteiger partial charge in [-0.05, 0) is 44.9 Å². The van der Waals surface area contributed by atoms with Gasteiger partial charge in [0, 0.05) is 12.8 Å². The molecule has 0 bridgehead atoms. The second-order valence-corrected chi connectivity index (χ2v) is 17.0. The van der Waals surface area contributed by atoms with Gasteiger partial charge in [0.15, 0.2) is 6.10 Å². The van der Waals surface area contributed by atoms with Crippen molar-refractivity contribution in [1.29, 1.82) is 0 Å². The Morgan fingerprint density at radius 2 is 1.22 bits per heavy atom. The van der Waals surface area contributed by atoms with Crippen LogP contribution in [0, 0.1) is 0 Å². The predicted molar refractivity (Wildman–Crippen MR) is 226 cm³/mol. The van der Waals surface area contributed by atoms with E-state index in [-0.39, 0.29) is 26.1 Å². The van der Waals surface area contributed by atoms with Crippen molar-refractivity contribution < 1.29 is 47.2 Å². The highest BCUT2D eigenvalue weighted by Crippen LogP contribution is 2.43. The molecule has 11 heteroatoms. The summed E-state index contributed by atoms with van der Waals surface area (Å²) in [5, 5.41) is 10.0. The van der Waals surface area contributed by atoms with Crippen LogP contribution in [0.4, 0.5) is 0 Å². The van der Waals surface area contributed by atoms with Crippen molar-refractivity contribution in [1.82, 2.24) is 0 Å². The summed E-state index contributed by atoms with van der Waals surface area (Å²) in [6.07, 6.45) is 37.6. The zero-order valence-corrected chi connectivity index (χ0v) is 36.4. The molecule has 0 aliphatic carbocycles. The summed E-state index contributed by atoms with van der Waals surface area (Å²) in [7, 11) is 1.41. The van der Waals surface area contributed by atoms with E-state index in [1.807, 2.05) is 57.6 Å². The Bertz CT molecular complexity index is 1100. The average Bonchev–Trinajstić information content (AvgIpc) is 3.13. The highest BCUT2D eigenvalue weighted by atomic mass is 31.2. The molecule has 0 spiro atoms. The lowest BCUT2D eigenvalue weighted by Crippen LogP contribution is -2.37. The molecule has 0 heterocycles. The van der Waals surface area contributed by atoms with Crippen LogP contribution in [0.5, 0.6) is 0 Å². The number of allylic oxidation sites excluding steroid dienone is 6. The van der Waals surface area contributed by atoms with Gasteiger partial charge in [0.2, 0.25) is 0 Å². The number of phosphoric acid groups is 1. The minimum absolute atomic E-state index is 0.0129. The van der Waals surface area contributed by atoms with Crippen LogP contribution in [0.3, 0.4) is 0 Å². The molecule has 0 aliphatic rings. The van der Waals surface area contributed by atoms with E-state index >= 15 is 0 Å². The average molecular weight is 799 g/mol. The van der Waals surface area contributed by atoms with Crippen LogP contribution in [0.25, 0.3) is 0 Å². The van der Waals surface area contributed by atoms with Crippen molar-refractivity contribution in [3.8, 4) is 0 Å². The third-order valence-electron chi connectivity index (χ3n) is 8.94. The first-order valence-electron chi connectivity index (χ1n) is 21.5. The largest absolute Gasteiger partial charge is 0.472 e. The summed E-state index contributed by atoms with van der Waals surface area (Å²) in [6.45, 7) is 4.23. The van der Waals surface area contributed by atoms with Gasteiger partial charge in [-0.2, -0.15) is 0 Å². The first kappa shape index (κ1) is 52.9. The maximum atomic E-state index is 12.7. The SMILES string of the molecule is CCCCC/C=C\C[C@@H](O)/C=C/C=C\C/C=C\CCCC(=O)OC[C@H](COP(=O)(O)OCC[N+](C)(C)C)OC(=O)CCCCCCCCCCCCCCC. The van der Waals surface area contributed by atoms with Gasteiger partial charge in [0.05, 0.1) is 33.9 Å². The quantitative estimate of drug-likeness (QED) is 0.0157.